The van der Waals surface area contributed by atoms with E-state index in [0.717, 1.165) is 14.4 Å². The maximum Gasteiger partial charge on any atom is 0.258 e. The highest BCUT2D eigenvalue weighted by atomic mass is 79.9. The average Bonchev–Trinajstić information content (AvgIpc) is 3.02. The third-order valence-corrected chi connectivity index (χ3v) is 4.67. The Labute approximate surface area is 133 Å². The number of aromatic nitrogens is 2. The number of hydrogen-bond acceptors (Lipinski definition) is 5. The Balaban J connectivity index is 1.88. The smallest absolute Gasteiger partial charge is 0.258 e. The van der Waals surface area contributed by atoms with E-state index in [-0.39, 0.29) is 5.91 Å². The normalized spacial score (nSPS) is 11.0. The largest absolute Gasteiger partial charge is 0.347 e. The number of carbonyl (C=O) groups excluding carboxylic acids is 1. The molecule has 0 atom stereocenters. The van der Waals surface area contributed by atoms with Gasteiger partial charge in [0, 0.05) is 10.6 Å². The first-order valence-electron chi connectivity index (χ1n) is 6.30. The van der Waals surface area contributed by atoms with E-state index >= 15 is 0 Å². The Morgan fingerprint density at radius 1 is 1.43 bits per heavy atom. The van der Waals surface area contributed by atoms with E-state index in [0.29, 0.717) is 28.9 Å². The van der Waals surface area contributed by atoms with Gasteiger partial charge in [0.25, 0.3) is 11.6 Å². The number of pyridine rings is 1. The maximum absolute atomic E-state index is 12.4. The monoisotopic (exact) mass is 365 g/mol. The Hall–Kier alpha value is -1.73. The third kappa shape index (κ3) is 2.84. The van der Waals surface area contributed by atoms with Gasteiger partial charge in [0.1, 0.15) is 0 Å². The van der Waals surface area contributed by atoms with Crippen molar-refractivity contribution in [1.29, 1.82) is 0 Å². The SMILES string of the molecule is Cc1cc(C(=O)NCc2ccc(Br)s2)c2c(C)noc2n1. The van der Waals surface area contributed by atoms with Gasteiger partial charge < -0.3 is 9.84 Å². The lowest BCUT2D eigenvalue weighted by atomic mass is 10.1. The van der Waals surface area contributed by atoms with E-state index in [9.17, 15) is 4.79 Å². The van der Waals surface area contributed by atoms with E-state index in [1.54, 1.807) is 24.3 Å². The molecule has 0 saturated heterocycles. The molecule has 21 heavy (non-hydrogen) atoms. The van der Waals surface area contributed by atoms with Gasteiger partial charge in [-0.25, -0.2) is 4.98 Å². The topological polar surface area (TPSA) is 68.0 Å². The summed E-state index contributed by atoms with van der Waals surface area (Å²) in [4.78, 5) is 17.8. The number of fused-ring (bicyclic) bond motifs is 1. The van der Waals surface area contributed by atoms with Crippen molar-refractivity contribution in [2.75, 3.05) is 0 Å². The number of rotatable bonds is 3. The lowest BCUT2D eigenvalue weighted by molar-refractivity contribution is 0.0952. The first kappa shape index (κ1) is 14.2. The van der Waals surface area contributed by atoms with Crippen molar-refractivity contribution < 1.29 is 9.32 Å². The summed E-state index contributed by atoms with van der Waals surface area (Å²) in [6.07, 6.45) is 0. The second kappa shape index (κ2) is 5.57. The van der Waals surface area contributed by atoms with Crippen LogP contribution in [0.3, 0.4) is 0 Å². The van der Waals surface area contributed by atoms with Crippen molar-refractivity contribution in [3.8, 4) is 0 Å². The number of thiophene rings is 1. The predicted octanol–water partition coefficient (Wildman–Crippen LogP) is 3.59. The third-order valence-electron chi connectivity index (χ3n) is 3.04. The zero-order chi connectivity index (χ0) is 15.0. The molecule has 0 bridgehead atoms. The summed E-state index contributed by atoms with van der Waals surface area (Å²) in [5.74, 6) is -0.152. The molecule has 3 heterocycles. The molecule has 0 aliphatic carbocycles. The van der Waals surface area contributed by atoms with Crippen LogP contribution in [0.25, 0.3) is 11.1 Å². The fourth-order valence-electron chi connectivity index (χ4n) is 2.11. The summed E-state index contributed by atoms with van der Waals surface area (Å²) < 4.78 is 6.19. The molecule has 0 radical (unpaired) electrons. The average molecular weight is 366 g/mol. The van der Waals surface area contributed by atoms with Crippen molar-refractivity contribution in [1.82, 2.24) is 15.5 Å². The number of nitrogens with zero attached hydrogens (tertiary/aromatic N) is 2. The molecule has 0 aromatic carbocycles. The fraction of sp³-hybridized carbons (Fsp3) is 0.214. The highest BCUT2D eigenvalue weighted by molar-refractivity contribution is 9.11. The second-order valence-corrected chi connectivity index (χ2v) is 7.20. The number of hydrogen-bond donors (Lipinski definition) is 1. The molecule has 1 amide bonds. The molecule has 3 aromatic heterocycles. The van der Waals surface area contributed by atoms with Gasteiger partial charge in [0.05, 0.1) is 27.0 Å². The van der Waals surface area contributed by atoms with Crippen LogP contribution in [-0.2, 0) is 6.54 Å². The van der Waals surface area contributed by atoms with Gasteiger partial charge in [-0.1, -0.05) is 5.16 Å². The standard InChI is InChI=1S/C14H12BrN3O2S/c1-7-5-10(12-8(2)18-20-14(12)17-7)13(19)16-6-9-3-4-11(15)21-9/h3-5H,6H2,1-2H3,(H,16,19). The van der Waals surface area contributed by atoms with Gasteiger partial charge in [-0.15, -0.1) is 11.3 Å². The minimum atomic E-state index is -0.152. The van der Waals surface area contributed by atoms with Crippen LogP contribution < -0.4 is 5.32 Å². The predicted molar refractivity (Wildman–Crippen MR) is 84.5 cm³/mol. The van der Waals surface area contributed by atoms with Gasteiger partial charge in [-0.05, 0) is 48.0 Å². The summed E-state index contributed by atoms with van der Waals surface area (Å²) >= 11 is 5.00. The van der Waals surface area contributed by atoms with Crippen LogP contribution in [0, 0.1) is 13.8 Å². The van der Waals surface area contributed by atoms with Crippen LogP contribution in [0.2, 0.25) is 0 Å². The fourth-order valence-corrected chi connectivity index (χ4v) is 3.53. The van der Waals surface area contributed by atoms with E-state index in [4.69, 9.17) is 4.52 Å². The lowest BCUT2D eigenvalue weighted by Crippen LogP contribution is -2.22. The number of nitrogens with one attached hydrogen (secondary N) is 1. The highest BCUT2D eigenvalue weighted by Crippen LogP contribution is 2.23. The van der Waals surface area contributed by atoms with Crippen molar-refractivity contribution in [3.05, 3.63) is 43.8 Å². The van der Waals surface area contributed by atoms with Crippen molar-refractivity contribution in [2.24, 2.45) is 0 Å². The summed E-state index contributed by atoms with van der Waals surface area (Å²) in [7, 11) is 0. The zero-order valence-corrected chi connectivity index (χ0v) is 13.8. The zero-order valence-electron chi connectivity index (χ0n) is 11.4. The summed E-state index contributed by atoms with van der Waals surface area (Å²) in [5, 5.41) is 7.47. The Bertz CT molecular complexity index is 825. The van der Waals surface area contributed by atoms with Crippen LogP contribution >= 0.6 is 27.3 Å². The van der Waals surface area contributed by atoms with Gasteiger partial charge in [0.15, 0.2) is 0 Å². The van der Waals surface area contributed by atoms with E-state index in [1.807, 2.05) is 19.1 Å². The number of halogens is 1. The van der Waals surface area contributed by atoms with Gasteiger partial charge in [0.2, 0.25) is 0 Å². The first-order valence-corrected chi connectivity index (χ1v) is 7.91. The molecule has 1 N–H and O–H groups in total. The van der Waals surface area contributed by atoms with Crippen LogP contribution in [0.1, 0.15) is 26.6 Å². The molecule has 3 rings (SSSR count). The minimum absolute atomic E-state index is 0.152. The molecule has 5 nitrogen and oxygen atoms in total. The van der Waals surface area contributed by atoms with Crippen molar-refractivity contribution in [2.45, 2.75) is 20.4 Å². The van der Waals surface area contributed by atoms with Crippen molar-refractivity contribution in [3.63, 3.8) is 0 Å². The molecule has 7 heteroatoms. The Morgan fingerprint density at radius 2 is 2.24 bits per heavy atom. The number of carbonyl (C=O) groups is 1. The first-order chi connectivity index (χ1) is 10.0. The quantitative estimate of drug-likeness (QED) is 0.769. The summed E-state index contributed by atoms with van der Waals surface area (Å²) in [6, 6.07) is 5.70. The molecule has 3 aromatic rings. The molecule has 0 saturated carbocycles. The Kier molecular flexibility index (Phi) is 3.77. The molecular formula is C14H12BrN3O2S. The van der Waals surface area contributed by atoms with Crippen molar-refractivity contribution >= 4 is 44.3 Å². The van der Waals surface area contributed by atoms with E-state index in [2.05, 4.69) is 31.4 Å². The summed E-state index contributed by atoms with van der Waals surface area (Å²) in [6.45, 7) is 4.11. The second-order valence-electron chi connectivity index (χ2n) is 4.65. The van der Waals surface area contributed by atoms with Gasteiger partial charge in [-0.2, -0.15) is 0 Å². The van der Waals surface area contributed by atoms with Crippen LogP contribution in [0.4, 0.5) is 0 Å². The van der Waals surface area contributed by atoms with Crippen LogP contribution in [0.15, 0.2) is 26.5 Å². The van der Waals surface area contributed by atoms with E-state index in [1.165, 1.54) is 0 Å². The summed E-state index contributed by atoms with van der Waals surface area (Å²) in [5.41, 5.74) is 2.34. The molecular weight excluding hydrogens is 354 g/mol. The van der Waals surface area contributed by atoms with Crippen LogP contribution in [-0.4, -0.2) is 16.0 Å². The van der Waals surface area contributed by atoms with Gasteiger partial charge in [-0.3, -0.25) is 4.79 Å². The molecule has 0 fully saturated rings. The highest BCUT2D eigenvalue weighted by Gasteiger charge is 2.17. The number of aryl methyl sites for hydroxylation is 2. The minimum Gasteiger partial charge on any atom is -0.347 e. The van der Waals surface area contributed by atoms with Crippen LogP contribution in [0.5, 0.6) is 0 Å². The Morgan fingerprint density at radius 3 is 2.95 bits per heavy atom. The maximum atomic E-state index is 12.4. The number of amides is 1. The van der Waals surface area contributed by atoms with E-state index < -0.39 is 0 Å². The molecule has 0 aliphatic heterocycles. The molecule has 0 aliphatic rings. The van der Waals surface area contributed by atoms with Gasteiger partial charge >= 0.3 is 0 Å². The molecule has 108 valence electrons. The lowest BCUT2D eigenvalue weighted by Gasteiger charge is -2.05. The molecule has 0 unspecified atom stereocenters. The molecule has 0 spiro atoms.